The fourth-order valence-corrected chi connectivity index (χ4v) is 5.60. The summed E-state index contributed by atoms with van der Waals surface area (Å²) in [5.74, 6) is 0.0884. The van der Waals surface area contributed by atoms with Gasteiger partial charge in [0.15, 0.2) is 11.1 Å². The van der Waals surface area contributed by atoms with E-state index in [1.165, 1.54) is 33.1 Å². The molecule has 0 radical (unpaired) electrons. The van der Waals surface area contributed by atoms with Crippen molar-refractivity contribution < 1.29 is 13.2 Å². The number of aromatic nitrogens is 2. The first kappa shape index (κ1) is 18.9. The molecule has 0 saturated carbocycles. The number of fused-ring (bicyclic) bond motifs is 3. The third-order valence-electron chi connectivity index (χ3n) is 5.89. The summed E-state index contributed by atoms with van der Waals surface area (Å²) in [6.45, 7) is 1.03. The first-order valence-corrected chi connectivity index (χ1v) is 11.6. The van der Waals surface area contributed by atoms with Crippen molar-refractivity contribution in [2.24, 2.45) is 4.40 Å². The van der Waals surface area contributed by atoms with Crippen LogP contribution in [0.3, 0.4) is 0 Å². The summed E-state index contributed by atoms with van der Waals surface area (Å²) in [6, 6.07) is 2.29. The van der Waals surface area contributed by atoms with Gasteiger partial charge in [0, 0.05) is 18.7 Å². The first-order chi connectivity index (χ1) is 14.6. The molecule has 1 aromatic heterocycles. The normalized spacial score (nSPS) is 17.5. The maximum Gasteiger partial charge on any atom is 0.292 e. The Bertz CT molecular complexity index is 1160. The molecule has 0 atom stereocenters. The Morgan fingerprint density at radius 2 is 1.90 bits per heavy atom. The molecule has 2 aliphatic carbocycles. The number of benzene rings is 1. The number of nitriles is 1. The molecule has 2 heterocycles. The second-order valence-corrected chi connectivity index (χ2v) is 9.32. The maximum absolute atomic E-state index is 13.0. The minimum atomic E-state index is -4.12. The van der Waals surface area contributed by atoms with Gasteiger partial charge in [0.05, 0.1) is 12.8 Å². The average Bonchev–Trinajstić information content (AvgIpc) is 3.46. The zero-order valence-corrected chi connectivity index (χ0v) is 17.3. The molecule has 0 amide bonds. The van der Waals surface area contributed by atoms with E-state index in [2.05, 4.69) is 26.2 Å². The SMILES string of the molecule is N#CN/C(=N\S(=O)(=O)c1cnn2c1OCCC2)Nc1c2c(cc3c1CCC3)CCC2. The summed E-state index contributed by atoms with van der Waals surface area (Å²) < 4.78 is 36.9. The number of nitrogens with one attached hydrogen (secondary N) is 2. The molecule has 1 aliphatic heterocycles. The van der Waals surface area contributed by atoms with Gasteiger partial charge in [-0.1, -0.05) is 6.07 Å². The molecule has 0 spiro atoms. The third kappa shape index (κ3) is 3.19. The summed E-state index contributed by atoms with van der Waals surface area (Å²) in [6.07, 6.45) is 9.87. The van der Waals surface area contributed by atoms with Crippen LogP contribution in [0.25, 0.3) is 0 Å². The van der Waals surface area contributed by atoms with E-state index in [9.17, 15) is 13.7 Å². The molecule has 9 nitrogen and oxygen atoms in total. The van der Waals surface area contributed by atoms with Gasteiger partial charge >= 0.3 is 0 Å². The minimum absolute atomic E-state index is 0.0928. The van der Waals surface area contributed by atoms with Gasteiger partial charge in [-0.15, -0.1) is 4.40 Å². The second-order valence-electron chi connectivity index (χ2n) is 7.75. The lowest BCUT2D eigenvalue weighted by atomic mass is 9.99. The van der Waals surface area contributed by atoms with Crippen LogP contribution < -0.4 is 15.4 Å². The molecule has 2 N–H and O–H groups in total. The highest BCUT2D eigenvalue weighted by atomic mass is 32.2. The fourth-order valence-electron chi connectivity index (χ4n) is 4.61. The number of nitrogens with zero attached hydrogens (tertiary/aromatic N) is 4. The number of guanidine groups is 1. The van der Waals surface area contributed by atoms with Crippen molar-refractivity contribution in [3.63, 3.8) is 0 Å². The largest absolute Gasteiger partial charge is 0.477 e. The Balaban J connectivity index is 1.54. The van der Waals surface area contributed by atoms with Crippen molar-refractivity contribution in [1.29, 1.82) is 5.26 Å². The Kier molecular flexibility index (Phi) is 4.62. The highest BCUT2D eigenvalue weighted by molar-refractivity contribution is 7.90. The number of aryl methyl sites for hydroxylation is 3. The zero-order valence-electron chi connectivity index (χ0n) is 16.4. The number of anilines is 1. The Hall–Kier alpha value is -3.06. The summed E-state index contributed by atoms with van der Waals surface area (Å²) in [5.41, 5.74) is 5.91. The standard InChI is InChI=1S/C20H22N6O3S/c21-12-22-20(25-30(27,28)17-11-23-26-8-3-9-29-19(17)26)24-18-15-6-1-4-13(15)10-14-5-2-7-16(14)18/h10-11H,1-9H2,(H2,22,24,25). The van der Waals surface area contributed by atoms with Crippen molar-refractivity contribution in [3.8, 4) is 12.1 Å². The van der Waals surface area contributed by atoms with E-state index in [1.54, 1.807) is 6.19 Å². The van der Waals surface area contributed by atoms with Crippen molar-refractivity contribution in [1.82, 2.24) is 15.1 Å². The molecule has 0 unspecified atom stereocenters. The topological polar surface area (TPSA) is 121 Å². The van der Waals surface area contributed by atoms with Crippen molar-refractivity contribution in [3.05, 3.63) is 34.5 Å². The molecule has 5 rings (SSSR count). The summed E-state index contributed by atoms with van der Waals surface area (Å²) in [4.78, 5) is -0.0928. The lowest BCUT2D eigenvalue weighted by Gasteiger charge is -2.17. The van der Waals surface area contributed by atoms with E-state index in [1.807, 2.05) is 0 Å². The highest BCUT2D eigenvalue weighted by Crippen LogP contribution is 2.38. The summed E-state index contributed by atoms with van der Waals surface area (Å²) in [5, 5.41) is 18.9. The molecular formula is C20H22N6O3S. The molecule has 30 heavy (non-hydrogen) atoms. The molecule has 0 saturated heterocycles. The quantitative estimate of drug-likeness (QED) is 0.333. The lowest BCUT2D eigenvalue weighted by Crippen LogP contribution is -2.29. The maximum atomic E-state index is 13.0. The number of sulfonamides is 1. The van der Waals surface area contributed by atoms with Crippen LogP contribution in [0.5, 0.6) is 5.88 Å². The first-order valence-electron chi connectivity index (χ1n) is 10.2. The van der Waals surface area contributed by atoms with E-state index in [0.29, 0.717) is 13.2 Å². The van der Waals surface area contributed by atoms with Gasteiger partial charge in [0.25, 0.3) is 10.0 Å². The van der Waals surface area contributed by atoms with Crippen molar-refractivity contribution >= 4 is 21.7 Å². The average molecular weight is 427 g/mol. The predicted molar refractivity (Wildman–Crippen MR) is 110 cm³/mol. The van der Waals surface area contributed by atoms with Crippen molar-refractivity contribution in [2.45, 2.75) is 56.4 Å². The molecular weight excluding hydrogens is 404 g/mol. The van der Waals surface area contributed by atoms with Crippen molar-refractivity contribution in [2.75, 3.05) is 11.9 Å². The second kappa shape index (κ2) is 7.32. The monoisotopic (exact) mass is 426 g/mol. The predicted octanol–water partition coefficient (Wildman–Crippen LogP) is 1.87. The molecule has 2 aromatic rings. The van der Waals surface area contributed by atoms with E-state index >= 15 is 0 Å². The number of rotatable bonds is 3. The van der Waals surface area contributed by atoms with Gasteiger partial charge in [-0.3, -0.25) is 5.32 Å². The van der Waals surface area contributed by atoms with Gasteiger partial charge in [0.2, 0.25) is 11.8 Å². The smallest absolute Gasteiger partial charge is 0.292 e. The van der Waals surface area contributed by atoms with Crippen LogP contribution in [-0.4, -0.2) is 30.8 Å². The lowest BCUT2D eigenvalue weighted by molar-refractivity contribution is 0.224. The van der Waals surface area contributed by atoms with Crippen LogP contribution in [0.2, 0.25) is 0 Å². The zero-order chi connectivity index (χ0) is 20.7. The summed E-state index contributed by atoms with van der Waals surface area (Å²) >= 11 is 0. The van der Waals surface area contributed by atoms with Gasteiger partial charge in [-0.2, -0.15) is 18.8 Å². The van der Waals surface area contributed by atoms with Crippen LogP contribution in [0.4, 0.5) is 5.69 Å². The molecule has 0 bridgehead atoms. The molecule has 1 aromatic carbocycles. The van der Waals surface area contributed by atoms with Crippen LogP contribution in [0.1, 0.15) is 41.5 Å². The Labute approximate surface area is 174 Å². The van der Waals surface area contributed by atoms with Crippen LogP contribution >= 0.6 is 0 Å². The van der Waals surface area contributed by atoms with Gasteiger partial charge in [-0.05, 0) is 60.8 Å². The van der Waals surface area contributed by atoms with E-state index in [4.69, 9.17) is 4.74 Å². The van der Waals surface area contributed by atoms with Gasteiger partial charge < -0.3 is 10.1 Å². The van der Waals surface area contributed by atoms with E-state index in [0.717, 1.165) is 50.6 Å². The Morgan fingerprint density at radius 1 is 1.17 bits per heavy atom. The number of ether oxygens (including phenoxy) is 1. The molecule has 3 aliphatic rings. The minimum Gasteiger partial charge on any atom is -0.477 e. The van der Waals surface area contributed by atoms with Crippen LogP contribution in [0.15, 0.2) is 21.6 Å². The summed E-state index contributed by atoms with van der Waals surface area (Å²) in [7, 11) is -4.12. The van der Waals surface area contributed by atoms with Crippen LogP contribution in [-0.2, 0) is 42.3 Å². The van der Waals surface area contributed by atoms with E-state index in [-0.39, 0.29) is 16.7 Å². The molecule has 156 valence electrons. The number of hydrogen-bond acceptors (Lipinski definition) is 5. The molecule has 0 fully saturated rings. The van der Waals surface area contributed by atoms with Crippen LogP contribution in [0, 0.1) is 11.5 Å². The third-order valence-corrected chi connectivity index (χ3v) is 7.15. The Morgan fingerprint density at radius 3 is 2.60 bits per heavy atom. The molecule has 10 heteroatoms. The fraction of sp³-hybridized carbons (Fsp3) is 0.450. The van der Waals surface area contributed by atoms with Gasteiger partial charge in [-0.25, -0.2) is 4.68 Å². The number of hydrogen-bond donors (Lipinski definition) is 2. The highest BCUT2D eigenvalue weighted by Gasteiger charge is 2.28. The van der Waals surface area contributed by atoms with E-state index < -0.39 is 10.0 Å². The van der Waals surface area contributed by atoms with Gasteiger partial charge in [0.1, 0.15) is 0 Å².